The van der Waals surface area contributed by atoms with Gasteiger partial charge in [-0.1, -0.05) is 32.0 Å². The number of fused-ring (bicyclic) bond motifs is 1. The molecule has 0 aliphatic heterocycles. The molecule has 2 rings (SSSR count). The standard InChI is InChI=1S/C12H10O2.C2H6/c1-8(13)9-2-3-11-7-12(14)5-4-10(11)6-9;1-2/h2-7,14H,1H3;1-2H3. The van der Waals surface area contributed by atoms with E-state index < -0.39 is 0 Å². The molecule has 0 aliphatic carbocycles. The summed E-state index contributed by atoms with van der Waals surface area (Å²) < 4.78 is 0. The highest BCUT2D eigenvalue weighted by atomic mass is 16.3. The number of ketones is 1. The molecular formula is C14H16O2. The van der Waals surface area contributed by atoms with Crippen molar-refractivity contribution in [2.75, 3.05) is 0 Å². The lowest BCUT2D eigenvalue weighted by Gasteiger charge is -2.00. The van der Waals surface area contributed by atoms with E-state index in [1.54, 1.807) is 31.2 Å². The van der Waals surface area contributed by atoms with Gasteiger partial charge in [0.2, 0.25) is 0 Å². The van der Waals surface area contributed by atoms with E-state index in [4.69, 9.17) is 0 Å². The second kappa shape index (κ2) is 5.31. The summed E-state index contributed by atoms with van der Waals surface area (Å²) in [5, 5.41) is 11.1. The van der Waals surface area contributed by atoms with Crippen LogP contribution >= 0.6 is 0 Å². The SMILES string of the molecule is CC.CC(=O)c1ccc2cc(O)ccc2c1. The van der Waals surface area contributed by atoms with E-state index in [1.807, 2.05) is 26.0 Å². The molecule has 1 N–H and O–H groups in total. The molecular weight excluding hydrogens is 200 g/mol. The van der Waals surface area contributed by atoms with Gasteiger partial charge in [-0.3, -0.25) is 4.79 Å². The average molecular weight is 216 g/mol. The van der Waals surface area contributed by atoms with E-state index in [1.165, 1.54) is 0 Å². The second-order valence-corrected chi connectivity index (χ2v) is 3.30. The molecule has 84 valence electrons. The summed E-state index contributed by atoms with van der Waals surface area (Å²) in [5.41, 5.74) is 0.697. The summed E-state index contributed by atoms with van der Waals surface area (Å²) in [6, 6.07) is 10.5. The van der Waals surface area contributed by atoms with Gasteiger partial charge < -0.3 is 5.11 Å². The molecule has 2 nitrogen and oxygen atoms in total. The molecule has 0 saturated carbocycles. The molecule has 0 unspecified atom stereocenters. The second-order valence-electron chi connectivity index (χ2n) is 3.30. The Morgan fingerprint density at radius 3 is 2.19 bits per heavy atom. The van der Waals surface area contributed by atoms with Gasteiger partial charge in [0.1, 0.15) is 5.75 Å². The molecule has 0 fully saturated rings. The fourth-order valence-electron chi connectivity index (χ4n) is 1.45. The molecule has 16 heavy (non-hydrogen) atoms. The lowest BCUT2D eigenvalue weighted by atomic mass is 10.0. The fraction of sp³-hybridized carbons (Fsp3) is 0.214. The number of phenols is 1. The number of carbonyl (C=O) groups excluding carboxylic acids is 1. The number of rotatable bonds is 1. The summed E-state index contributed by atoms with van der Waals surface area (Å²) in [7, 11) is 0. The van der Waals surface area contributed by atoms with Gasteiger partial charge in [0.05, 0.1) is 0 Å². The van der Waals surface area contributed by atoms with E-state index in [0.717, 1.165) is 10.8 Å². The molecule has 0 aliphatic rings. The Bertz CT molecular complexity index is 501. The average Bonchev–Trinajstić information content (AvgIpc) is 2.30. The van der Waals surface area contributed by atoms with Gasteiger partial charge in [-0.15, -0.1) is 0 Å². The number of carbonyl (C=O) groups is 1. The van der Waals surface area contributed by atoms with Gasteiger partial charge in [-0.2, -0.15) is 0 Å². The number of benzene rings is 2. The van der Waals surface area contributed by atoms with E-state index in [-0.39, 0.29) is 11.5 Å². The zero-order chi connectivity index (χ0) is 12.1. The van der Waals surface area contributed by atoms with Gasteiger partial charge in [0.25, 0.3) is 0 Å². The van der Waals surface area contributed by atoms with E-state index in [2.05, 4.69) is 0 Å². The number of hydrogen-bond acceptors (Lipinski definition) is 2. The quantitative estimate of drug-likeness (QED) is 0.737. The van der Waals surface area contributed by atoms with Crippen LogP contribution in [0.5, 0.6) is 5.75 Å². The van der Waals surface area contributed by atoms with Crippen LogP contribution in [0.2, 0.25) is 0 Å². The Morgan fingerprint density at radius 1 is 1.00 bits per heavy atom. The zero-order valence-corrected chi connectivity index (χ0v) is 9.82. The topological polar surface area (TPSA) is 37.3 Å². The zero-order valence-electron chi connectivity index (χ0n) is 9.82. The van der Waals surface area contributed by atoms with Gasteiger partial charge >= 0.3 is 0 Å². The summed E-state index contributed by atoms with van der Waals surface area (Å²) in [4.78, 5) is 11.1. The third kappa shape index (κ3) is 2.60. The molecule has 0 aromatic heterocycles. The Morgan fingerprint density at radius 2 is 1.56 bits per heavy atom. The highest BCUT2D eigenvalue weighted by molar-refractivity contribution is 5.98. The first-order valence-corrected chi connectivity index (χ1v) is 5.40. The van der Waals surface area contributed by atoms with Crippen LogP contribution in [0.15, 0.2) is 36.4 Å². The van der Waals surface area contributed by atoms with Crippen molar-refractivity contribution in [1.82, 2.24) is 0 Å². The maximum Gasteiger partial charge on any atom is 0.159 e. The third-order valence-corrected chi connectivity index (χ3v) is 2.23. The van der Waals surface area contributed by atoms with Crippen LogP contribution in [0.25, 0.3) is 10.8 Å². The molecule has 2 aromatic carbocycles. The molecule has 2 aromatic rings. The van der Waals surface area contributed by atoms with Crippen molar-refractivity contribution in [3.63, 3.8) is 0 Å². The maximum absolute atomic E-state index is 11.1. The van der Waals surface area contributed by atoms with Crippen molar-refractivity contribution < 1.29 is 9.90 Å². The van der Waals surface area contributed by atoms with Crippen molar-refractivity contribution in [3.8, 4) is 5.75 Å². The highest BCUT2D eigenvalue weighted by Crippen LogP contribution is 2.21. The monoisotopic (exact) mass is 216 g/mol. The smallest absolute Gasteiger partial charge is 0.159 e. The fourth-order valence-corrected chi connectivity index (χ4v) is 1.45. The summed E-state index contributed by atoms with van der Waals surface area (Å²) in [5.74, 6) is 0.299. The molecule has 2 heteroatoms. The Hall–Kier alpha value is -1.83. The molecule has 0 radical (unpaired) electrons. The minimum absolute atomic E-state index is 0.0555. The highest BCUT2D eigenvalue weighted by Gasteiger charge is 2.00. The first-order valence-electron chi connectivity index (χ1n) is 5.40. The predicted molar refractivity (Wildman–Crippen MR) is 67.0 cm³/mol. The number of aromatic hydroxyl groups is 1. The lowest BCUT2D eigenvalue weighted by molar-refractivity contribution is 0.101. The van der Waals surface area contributed by atoms with Gasteiger partial charge in [0.15, 0.2) is 5.78 Å². The molecule has 0 spiro atoms. The number of Topliss-reactive ketones (excluding diaryl/α,β-unsaturated/α-hetero) is 1. The Labute approximate surface area is 95.5 Å². The molecule has 0 bridgehead atoms. The minimum Gasteiger partial charge on any atom is -0.508 e. The van der Waals surface area contributed by atoms with Crippen LogP contribution in [0.1, 0.15) is 31.1 Å². The first-order chi connectivity index (χ1) is 7.66. The van der Waals surface area contributed by atoms with E-state index in [0.29, 0.717) is 5.56 Å². The van der Waals surface area contributed by atoms with Crippen molar-refractivity contribution in [2.45, 2.75) is 20.8 Å². The van der Waals surface area contributed by atoms with Crippen LogP contribution in [0.4, 0.5) is 0 Å². The van der Waals surface area contributed by atoms with E-state index >= 15 is 0 Å². The van der Waals surface area contributed by atoms with Gasteiger partial charge in [-0.25, -0.2) is 0 Å². The van der Waals surface area contributed by atoms with Gasteiger partial charge in [-0.05, 0) is 35.9 Å². The third-order valence-electron chi connectivity index (χ3n) is 2.23. The van der Waals surface area contributed by atoms with Crippen LogP contribution < -0.4 is 0 Å². The largest absolute Gasteiger partial charge is 0.508 e. The lowest BCUT2D eigenvalue weighted by Crippen LogP contribution is -1.90. The van der Waals surface area contributed by atoms with Crippen LogP contribution in [-0.2, 0) is 0 Å². The number of hydrogen-bond donors (Lipinski definition) is 1. The van der Waals surface area contributed by atoms with Crippen LogP contribution in [-0.4, -0.2) is 10.9 Å². The van der Waals surface area contributed by atoms with Crippen molar-refractivity contribution in [2.24, 2.45) is 0 Å². The van der Waals surface area contributed by atoms with Crippen LogP contribution in [0.3, 0.4) is 0 Å². The maximum atomic E-state index is 11.1. The Balaban J connectivity index is 0.000000606. The van der Waals surface area contributed by atoms with Gasteiger partial charge in [0, 0.05) is 5.56 Å². The molecule has 0 saturated heterocycles. The molecule has 0 atom stereocenters. The summed E-state index contributed by atoms with van der Waals surface area (Å²) in [6.07, 6.45) is 0. The summed E-state index contributed by atoms with van der Waals surface area (Å²) in [6.45, 7) is 5.54. The minimum atomic E-state index is 0.0555. The first kappa shape index (κ1) is 12.2. The Kier molecular flexibility index (Phi) is 4.06. The molecule has 0 heterocycles. The van der Waals surface area contributed by atoms with Crippen molar-refractivity contribution >= 4 is 16.6 Å². The molecule has 0 amide bonds. The van der Waals surface area contributed by atoms with Crippen LogP contribution in [0, 0.1) is 0 Å². The van der Waals surface area contributed by atoms with Crippen molar-refractivity contribution in [3.05, 3.63) is 42.0 Å². The summed E-state index contributed by atoms with van der Waals surface area (Å²) >= 11 is 0. The van der Waals surface area contributed by atoms with Crippen molar-refractivity contribution in [1.29, 1.82) is 0 Å². The van der Waals surface area contributed by atoms with E-state index in [9.17, 15) is 9.90 Å². The number of phenolic OH excluding ortho intramolecular Hbond substituents is 1. The predicted octanol–water partition coefficient (Wildman–Crippen LogP) is 3.77. The normalized spacial score (nSPS) is 9.44.